The van der Waals surface area contributed by atoms with Crippen LogP contribution in [0.4, 0.5) is 0 Å². The van der Waals surface area contributed by atoms with Crippen LogP contribution >= 0.6 is 0 Å². The van der Waals surface area contributed by atoms with E-state index in [-0.39, 0.29) is 24.9 Å². The van der Waals surface area contributed by atoms with Crippen molar-refractivity contribution in [1.82, 2.24) is 9.80 Å². The lowest BCUT2D eigenvalue weighted by Gasteiger charge is -2.31. The molecule has 4 aromatic rings. The van der Waals surface area contributed by atoms with Crippen LogP contribution in [0.1, 0.15) is 50.3 Å². The molecule has 0 saturated carbocycles. The number of nitrogens with zero attached hydrogens (tertiary/aromatic N) is 4. The molecule has 0 N–H and O–H groups in total. The quantitative estimate of drug-likeness (QED) is 0.253. The van der Waals surface area contributed by atoms with Crippen molar-refractivity contribution in [2.24, 2.45) is 0 Å². The second-order valence-electron chi connectivity index (χ2n) is 8.97. The van der Waals surface area contributed by atoms with Crippen LogP contribution in [0.2, 0.25) is 0 Å². The van der Waals surface area contributed by atoms with Gasteiger partial charge in [-0.15, -0.1) is 0 Å². The van der Waals surface area contributed by atoms with Gasteiger partial charge in [0.1, 0.15) is 12.1 Å². The second kappa shape index (κ2) is 13.4. The highest BCUT2D eigenvalue weighted by Crippen LogP contribution is 2.25. The van der Waals surface area contributed by atoms with Crippen molar-refractivity contribution in [2.45, 2.75) is 18.5 Å². The van der Waals surface area contributed by atoms with Crippen molar-refractivity contribution in [2.75, 3.05) is 13.1 Å². The first kappa shape index (κ1) is 26.9. The van der Waals surface area contributed by atoms with Gasteiger partial charge in [0.2, 0.25) is 0 Å². The fourth-order valence-electron chi connectivity index (χ4n) is 4.52. The third-order valence-electron chi connectivity index (χ3n) is 6.46. The van der Waals surface area contributed by atoms with Crippen LogP contribution in [0, 0.1) is 22.7 Å². The molecule has 6 nitrogen and oxygen atoms in total. The molecule has 0 fully saturated rings. The molecular weight excluding hydrogens is 484 g/mol. The van der Waals surface area contributed by atoms with Gasteiger partial charge in [-0.2, -0.15) is 10.5 Å². The summed E-state index contributed by atoms with van der Waals surface area (Å²) < 4.78 is 0. The van der Waals surface area contributed by atoms with Crippen molar-refractivity contribution in [3.63, 3.8) is 0 Å². The summed E-state index contributed by atoms with van der Waals surface area (Å²) >= 11 is 0. The van der Waals surface area contributed by atoms with E-state index in [2.05, 4.69) is 12.1 Å². The molecule has 4 aromatic carbocycles. The molecule has 0 aromatic heterocycles. The van der Waals surface area contributed by atoms with Gasteiger partial charge in [0.25, 0.3) is 11.8 Å². The maximum Gasteiger partial charge on any atom is 0.255 e. The topological polar surface area (TPSA) is 88.2 Å². The van der Waals surface area contributed by atoms with Gasteiger partial charge < -0.3 is 9.80 Å². The van der Waals surface area contributed by atoms with Gasteiger partial charge in [0.15, 0.2) is 0 Å². The van der Waals surface area contributed by atoms with E-state index in [0.29, 0.717) is 28.7 Å². The van der Waals surface area contributed by atoms with Crippen LogP contribution < -0.4 is 0 Å². The predicted molar refractivity (Wildman–Crippen MR) is 149 cm³/mol. The summed E-state index contributed by atoms with van der Waals surface area (Å²) in [6.07, 6.45) is 0.368. The minimum Gasteiger partial charge on any atom is -0.318 e. The van der Waals surface area contributed by atoms with Crippen molar-refractivity contribution in [3.05, 3.63) is 144 Å². The zero-order chi connectivity index (χ0) is 27.5. The molecule has 0 saturated heterocycles. The Morgan fingerprint density at radius 2 is 0.846 bits per heavy atom. The summed E-state index contributed by atoms with van der Waals surface area (Å²) in [7, 11) is 0. The minimum atomic E-state index is -0.807. The van der Waals surface area contributed by atoms with Gasteiger partial charge in [0, 0.05) is 24.2 Å². The summed E-state index contributed by atoms with van der Waals surface area (Å²) in [5, 5.41) is 20.2. The summed E-state index contributed by atoms with van der Waals surface area (Å²) in [5.41, 5.74) is 2.37. The third kappa shape index (κ3) is 6.57. The summed E-state index contributed by atoms with van der Waals surface area (Å²) in [6.45, 7) is 0.429. The molecule has 4 rings (SSSR count). The molecule has 0 bridgehead atoms. The van der Waals surface area contributed by atoms with Gasteiger partial charge in [-0.3, -0.25) is 9.59 Å². The highest BCUT2D eigenvalue weighted by Gasteiger charge is 2.29. The first-order valence-corrected chi connectivity index (χ1v) is 12.7. The molecule has 192 valence electrons. The van der Waals surface area contributed by atoms with Crippen molar-refractivity contribution in [1.29, 1.82) is 10.5 Å². The third-order valence-corrected chi connectivity index (χ3v) is 6.46. The molecule has 0 radical (unpaired) electrons. The van der Waals surface area contributed by atoms with Crippen LogP contribution in [-0.2, 0) is 0 Å². The van der Waals surface area contributed by atoms with E-state index in [1.807, 2.05) is 72.8 Å². The maximum absolute atomic E-state index is 13.6. The zero-order valence-electron chi connectivity index (χ0n) is 21.4. The largest absolute Gasteiger partial charge is 0.318 e. The van der Waals surface area contributed by atoms with Crippen LogP contribution in [-0.4, -0.2) is 34.7 Å². The van der Waals surface area contributed by atoms with E-state index in [1.165, 1.54) is 0 Å². The lowest BCUT2D eigenvalue weighted by Crippen LogP contribution is -2.39. The summed E-state index contributed by atoms with van der Waals surface area (Å²) in [6, 6.07) is 39.0. The number of benzene rings is 4. The molecule has 2 unspecified atom stereocenters. The SMILES string of the molecule is N#CC(c1ccccc1)N(CCCN(C(=O)c1ccccc1)C(C#N)c1ccccc1)C(=O)c1ccccc1. The molecule has 0 aliphatic rings. The average molecular weight is 513 g/mol. The predicted octanol–water partition coefficient (Wildman–Crippen LogP) is 6.19. The Morgan fingerprint density at radius 1 is 0.538 bits per heavy atom. The van der Waals surface area contributed by atoms with E-state index in [1.54, 1.807) is 58.3 Å². The van der Waals surface area contributed by atoms with Gasteiger partial charge in [-0.1, -0.05) is 97.1 Å². The molecule has 39 heavy (non-hydrogen) atoms. The Kier molecular flexibility index (Phi) is 9.21. The second-order valence-corrected chi connectivity index (χ2v) is 8.97. The average Bonchev–Trinajstić information content (AvgIpc) is 3.01. The fourth-order valence-corrected chi connectivity index (χ4v) is 4.52. The molecule has 0 aliphatic heterocycles. The monoisotopic (exact) mass is 512 g/mol. The lowest BCUT2D eigenvalue weighted by atomic mass is 10.0. The van der Waals surface area contributed by atoms with E-state index < -0.39 is 12.1 Å². The number of hydrogen-bond acceptors (Lipinski definition) is 4. The molecule has 0 spiro atoms. The Balaban J connectivity index is 1.62. The van der Waals surface area contributed by atoms with Crippen LogP contribution in [0.15, 0.2) is 121 Å². The highest BCUT2D eigenvalue weighted by molar-refractivity contribution is 5.95. The first-order chi connectivity index (χ1) is 19.1. The maximum atomic E-state index is 13.6. The van der Waals surface area contributed by atoms with Crippen LogP contribution in [0.5, 0.6) is 0 Å². The number of hydrogen-bond donors (Lipinski definition) is 0. The van der Waals surface area contributed by atoms with E-state index in [9.17, 15) is 20.1 Å². The molecule has 2 atom stereocenters. The number of amides is 2. The summed E-state index contributed by atoms with van der Waals surface area (Å²) in [5.74, 6) is -0.543. The van der Waals surface area contributed by atoms with Gasteiger partial charge in [0.05, 0.1) is 12.1 Å². The normalized spacial score (nSPS) is 11.8. The molecule has 0 heterocycles. The molecule has 6 heteroatoms. The van der Waals surface area contributed by atoms with E-state index in [0.717, 1.165) is 0 Å². The standard InChI is InChI=1S/C33H28N4O2/c34-24-30(26-14-5-1-6-15-26)36(32(38)28-18-9-3-10-19-28)22-13-23-37(33(39)29-20-11-4-12-21-29)31(25-35)27-16-7-2-8-17-27/h1-12,14-21,30-31H,13,22-23H2. The van der Waals surface area contributed by atoms with E-state index >= 15 is 0 Å². The number of carbonyl (C=O) groups is 2. The van der Waals surface area contributed by atoms with E-state index in [4.69, 9.17) is 0 Å². The Bertz CT molecular complexity index is 1330. The molecule has 0 aliphatic carbocycles. The smallest absolute Gasteiger partial charge is 0.255 e. The van der Waals surface area contributed by atoms with Crippen molar-refractivity contribution < 1.29 is 9.59 Å². The Labute approximate surface area is 229 Å². The Morgan fingerprint density at radius 3 is 1.15 bits per heavy atom. The fraction of sp³-hybridized carbons (Fsp3) is 0.152. The van der Waals surface area contributed by atoms with Crippen molar-refractivity contribution >= 4 is 11.8 Å². The van der Waals surface area contributed by atoms with Crippen molar-refractivity contribution in [3.8, 4) is 12.1 Å². The van der Waals surface area contributed by atoms with Crippen LogP contribution in [0.25, 0.3) is 0 Å². The molecular formula is C33H28N4O2. The zero-order valence-corrected chi connectivity index (χ0v) is 21.4. The van der Waals surface area contributed by atoms with Crippen LogP contribution in [0.3, 0.4) is 0 Å². The summed E-state index contributed by atoms with van der Waals surface area (Å²) in [4.78, 5) is 30.3. The first-order valence-electron chi connectivity index (χ1n) is 12.7. The Hall–Kier alpha value is -5.20. The minimum absolute atomic E-state index is 0.215. The van der Waals surface area contributed by atoms with Gasteiger partial charge in [-0.05, 0) is 41.8 Å². The molecule has 2 amide bonds. The van der Waals surface area contributed by atoms with Gasteiger partial charge >= 0.3 is 0 Å². The number of carbonyl (C=O) groups excluding carboxylic acids is 2. The highest BCUT2D eigenvalue weighted by atomic mass is 16.2. The lowest BCUT2D eigenvalue weighted by molar-refractivity contribution is 0.0668. The number of rotatable bonds is 10. The number of nitriles is 2. The van der Waals surface area contributed by atoms with Gasteiger partial charge in [-0.25, -0.2) is 0 Å².